The zero-order valence-corrected chi connectivity index (χ0v) is 13.8. The molecule has 7 nitrogen and oxygen atoms in total. The van der Waals surface area contributed by atoms with Gasteiger partial charge in [-0.05, 0) is 30.2 Å². The van der Waals surface area contributed by atoms with E-state index in [0.29, 0.717) is 23.4 Å². The van der Waals surface area contributed by atoms with Gasteiger partial charge in [0.05, 0.1) is 5.69 Å². The van der Waals surface area contributed by atoms with E-state index in [4.69, 9.17) is 10.8 Å². The van der Waals surface area contributed by atoms with Crippen LogP contribution in [0.4, 0.5) is 10.5 Å². The molecule has 132 valence electrons. The summed E-state index contributed by atoms with van der Waals surface area (Å²) in [6, 6.07) is 17.6. The largest absolute Gasteiger partial charge is 0.465 e. The number of nitrogens with zero attached hydrogens (tertiary/aromatic N) is 1. The van der Waals surface area contributed by atoms with E-state index >= 15 is 0 Å². The molecule has 2 aromatic carbocycles. The number of amides is 1. The lowest BCUT2D eigenvalue weighted by molar-refractivity contribution is 0.210. The maximum atomic E-state index is 12.1. The molecule has 3 aromatic rings. The topological polar surface area (TPSA) is 121 Å². The van der Waals surface area contributed by atoms with Gasteiger partial charge in [-0.1, -0.05) is 42.5 Å². The van der Waals surface area contributed by atoms with Crippen LogP contribution in [-0.4, -0.2) is 21.4 Å². The Kier molecular flexibility index (Phi) is 5.09. The van der Waals surface area contributed by atoms with Gasteiger partial charge < -0.3 is 10.8 Å². The number of hydrogen-bond donors (Lipinski definition) is 4. The van der Waals surface area contributed by atoms with Gasteiger partial charge in [-0.3, -0.25) is 10.1 Å². The Morgan fingerprint density at radius 3 is 2.50 bits per heavy atom. The number of carbonyl (C=O) groups is 1. The van der Waals surface area contributed by atoms with Crippen LogP contribution in [0.2, 0.25) is 0 Å². The van der Waals surface area contributed by atoms with Crippen molar-refractivity contribution in [3.63, 3.8) is 0 Å². The van der Waals surface area contributed by atoms with Gasteiger partial charge >= 0.3 is 6.09 Å². The average molecular weight is 350 g/mol. The molecule has 0 aliphatic carbocycles. The molecule has 1 unspecified atom stereocenters. The summed E-state index contributed by atoms with van der Waals surface area (Å²) < 4.78 is 0. The SMILES string of the molecule is NC(Cc1ccccc1)c1cc(-c2ccc(NC(=O)O)cc2)n[nH]c1=O. The van der Waals surface area contributed by atoms with Crippen LogP contribution in [0.1, 0.15) is 17.2 Å². The summed E-state index contributed by atoms with van der Waals surface area (Å²) in [5.74, 6) is 0. The number of H-pyrrole nitrogens is 1. The summed E-state index contributed by atoms with van der Waals surface area (Å²) in [5, 5.41) is 17.5. The number of rotatable bonds is 5. The molecule has 1 aromatic heterocycles. The first-order valence-electron chi connectivity index (χ1n) is 8.02. The smallest absolute Gasteiger partial charge is 0.409 e. The molecule has 1 amide bonds. The van der Waals surface area contributed by atoms with Crippen molar-refractivity contribution in [2.75, 3.05) is 5.32 Å². The van der Waals surface area contributed by atoms with Crippen molar-refractivity contribution in [1.29, 1.82) is 0 Å². The van der Waals surface area contributed by atoms with E-state index in [0.717, 1.165) is 11.1 Å². The third kappa shape index (κ3) is 4.14. The fourth-order valence-electron chi connectivity index (χ4n) is 2.67. The molecule has 0 aliphatic rings. The maximum absolute atomic E-state index is 12.1. The molecule has 0 bridgehead atoms. The molecule has 0 fully saturated rings. The van der Waals surface area contributed by atoms with Gasteiger partial charge in [-0.2, -0.15) is 5.10 Å². The number of benzene rings is 2. The zero-order valence-electron chi connectivity index (χ0n) is 13.8. The Hall–Kier alpha value is -3.45. The molecule has 1 atom stereocenters. The molecule has 0 radical (unpaired) electrons. The van der Waals surface area contributed by atoms with Gasteiger partial charge in [0.25, 0.3) is 5.56 Å². The standard InChI is InChI=1S/C19H18N4O3/c20-16(10-12-4-2-1-3-5-12)15-11-17(22-23-18(15)24)13-6-8-14(9-7-13)21-19(25)26/h1-9,11,16,21H,10,20H2,(H,23,24)(H,25,26). The maximum Gasteiger partial charge on any atom is 0.409 e. The first kappa shape index (κ1) is 17.4. The average Bonchev–Trinajstić information content (AvgIpc) is 2.63. The second-order valence-corrected chi connectivity index (χ2v) is 5.84. The Labute approximate surface area is 149 Å². The number of aromatic amines is 1. The molecule has 0 saturated heterocycles. The zero-order chi connectivity index (χ0) is 18.5. The molecule has 5 N–H and O–H groups in total. The number of aromatic nitrogens is 2. The fourth-order valence-corrected chi connectivity index (χ4v) is 2.67. The van der Waals surface area contributed by atoms with E-state index in [1.807, 2.05) is 30.3 Å². The van der Waals surface area contributed by atoms with Crippen molar-refractivity contribution < 1.29 is 9.90 Å². The molecule has 0 saturated carbocycles. The predicted molar refractivity (Wildman–Crippen MR) is 99.0 cm³/mol. The van der Waals surface area contributed by atoms with Gasteiger partial charge in [0.2, 0.25) is 0 Å². The second-order valence-electron chi connectivity index (χ2n) is 5.84. The van der Waals surface area contributed by atoms with Crippen LogP contribution >= 0.6 is 0 Å². The minimum Gasteiger partial charge on any atom is -0.465 e. The molecule has 0 aliphatic heterocycles. The van der Waals surface area contributed by atoms with E-state index in [-0.39, 0.29) is 5.56 Å². The van der Waals surface area contributed by atoms with Crippen LogP contribution < -0.4 is 16.6 Å². The van der Waals surface area contributed by atoms with Crippen LogP contribution in [0.3, 0.4) is 0 Å². The van der Waals surface area contributed by atoms with Gasteiger partial charge in [0.15, 0.2) is 0 Å². The molecule has 7 heteroatoms. The Balaban J connectivity index is 1.85. The Bertz CT molecular complexity index is 953. The van der Waals surface area contributed by atoms with Gasteiger partial charge in [0, 0.05) is 22.9 Å². The lowest BCUT2D eigenvalue weighted by Gasteiger charge is -2.12. The second kappa shape index (κ2) is 7.62. The minimum atomic E-state index is -1.13. The summed E-state index contributed by atoms with van der Waals surface area (Å²) in [5.41, 5.74) is 9.16. The van der Waals surface area contributed by atoms with Gasteiger partial charge in [0.1, 0.15) is 0 Å². The summed E-state index contributed by atoms with van der Waals surface area (Å²) >= 11 is 0. The van der Waals surface area contributed by atoms with Crippen molar-refractivity contribution >= 4 is 11.8 Å². The minimum absolute atomic E-state index is 0.318. The number of hydrogen-bond acceptors (Lipinski definition) is 4. The summed E-state index contributed by atoms with van der Waals surface area (Å²) in [7, 11) is 0. The molecule has 26 heavy (non-hydrogen) atoms. The Morgan fingerprint density at radius 2 is 1.85 bits per heavy atom. The molecular formula is C19H18N4O3. The molecular weight excluding hydrogens is 332 g/mol. The van der Waals surface area contributed by atoms with Crippen molar-refractivity contribution in [3.8, 4) is 11.3 Å². The number of anilines is 1. The monoisotopic (exact) mass is 350 g/mol. The lowest BCUT2D eigenvalue weighted by atomic mass is 9.99. The van der Waals surface area contributed by atoms with Crippen molar-refractivity contribution in [1.82, 2.24) is 10.2 Å². The van der Waals surface area contributed by atoms with E-state index < -0.39 is 12.1 Å². The predicted octanol–water partition coefficient (Wildman–Crippen LogP) is 2.77. The van der Waals surface area contributed by atoms with Crippen LogP contribution in [0.15, 0.2) is 65.5 Å². The van der Waals surface area contributed by atoms with Crippen molar-refractivity contribution in [2.24, 2.45) is 5.73 Å². The van der Waals surface area contributed by atoms with Crippen LogP contribution in [0, 0.1) is 0 Å². The normalized spacial score (nSPS) is 11.7. The van der Waals surface area contributed by atoms with E-state index in [1.54, 1.807) is 30.3 Å². The van der Waals surface area contributed by atoms with Crippen molar-refractivity contribution in [3.05, 3.63) is 82.1 Å². The van der Waals surface area contributed by atoms with Crippen LogP contribution in [-0.2, 0) is 6.42 Å². The van der Waals surface area contributed by atoms with E-state index in [2.05, 4.69) is 15.5 Å². The fraction of sp³-hybridized carbons (Fsp3) is 0.105. The van der Waals surface area contributed by atoms with Gasteiger partial charge in [-0.15, -0.1) is 0 Å². The summed E-state index contributed by atoms with van der Waals surface area (Å²) in [4.78, 5) is 22.8. The van der Waals surface area contributed by atoms with Crippen LogP contribution in [0.5, 0.6) is 0 Å². The van der Waals surface area contributed by atoms with Gasteiger partial charge in [-0.25, -0.2) is 9.89 Å². The molecule has 1 heterocycles. The van der Waals surface area contributed by atoms with E-state index in [1.165, 1.54) is 0 Å². The highest BCUT2D eigenvalue weighted by Crippen LogP contribution is 2.21. The van der Waals surface area contributed by atoms with E-state index in [9.17, 15) is 9.59 Å². The molecule has 3 rings (SSSR count). The third-order valence-electron chi connectivity index (χ3n) is 3.96. The summed E-state index contributed by atoms with van der Waals surface area (Å²) in [6.45, 7) is 0. The highest BCUT2D eigenvalue weighted by molar-refractivity contribution is 5.83. The molecule has 0 spiro atoms. The Morgan fingerprint density at radius 1 is 1.15 bits per heavy atom. The third-order valence-corrected chi connectivity index (χ3v) is 3.96. The number of carboxylic acid groups (broad SMARTS) is 1. The highest BCUT2D eigenvalue weighted by Gasteiger charge is 2.14. The number of nitrogens with two attached hydrogens (primary N) is 1. The lowest BCUT2D eigenvalue weighted by Crippen LogP contribution is -2.24. The number of nitrogens with one attached hydrogen (secondary N) is 2. The van der Waals surface area contributed by atoms with Crippen LogP contribution in [0.25, 0.3) is 11.3 Å². The first-order chi connectivity index (χ1) is 12.5. The highest BCUT2D eigenvalue weighted by atomic mass is 16.4. The summed E-state index contributed by atoms with van der Waals surface area (Å²) in [6.07, 6.45) is -0.594. The van der Waals surface area contributed by atoms with Crippen molar-refractivity contribution in [2.45, 2.75) is 12.5 Å². The first-order valence-corrected chi connectivity index (χ1v) is 8.02. The quantitative estimate of drug-likeness (QED) is 0.564.